The molecule has 17 heteroatoms. The first kappa shape index (κ1) is 40.9. The summed E-state index contributed by atoms with van der Waals surface area (Å²) in [7, 11) is -3.91. The summed E-state index contributed by atoms with van der Waals surface area (Å²) >= 11 is 0. The molecule has 2 aliphatic heterocycles. The van der Waals surface area contributed by atoms with E-state index in [4.69, 9.17) is 14.2 Å². The quantitative estimate of drug-likeness (QED) is 0.355. The molecule has 14 nitrogen and oxygen atoms in total. The normalized spacial score (nSPS) is 32.5. The van der Waals surface area contributed by atoms with E-state index in [0.717, 1.165) is 0 Å². The van der Waals surface area contributed by atoms with Gasteiger partial charge in [0.15, 0.2) is 11.5 Å². The van der Waals surface area contributed by atoms with Crippen LogP contribution in [0.2, 0.25) is 0 Å². The number of benzene rings is 1. The van der Waals surface area contributed by atoms with Crippen molar-refractivity contribution in [1.29, 1.82) is 0 Å². The maximum Gasteiger partial charge on any atom is 0.408 e. The zero-order valence-corrected chi connectivity index (χ0v) is 33.7. The number of aromatic nitrogens is 2. The number of alkyl carbamates (subject to hydrolysis) is 1. The van der Waals surface area contributed by atoms with Gasteiger partial charge in [0.05, 0.1) is 47.0 Å². The number of allylic oxidation sites excluding steroid dienone is 1. The lowest BCUT2D eigenvalue weighted by Gasteiger charge is -2.36. The standard InChI is InChI=1S/C40H51F2N5O9S/c1-6-23-19-39(23,35(50)46-57(52,53)24-15-16-24)21-28(48)27-20-38(5)22-47(27)34(49)32(37(2,3)4)45-36(51)55-30-14-9-13-29(30)54-18-10-17-40(41,42)31-33(56-38)44-26-12-8-7-11-25(26)43-31/h7-8,10-12,17,23-24,27,29-30,32H,6,9,13-16,18-22H2,1-5H3,(H,45,51)(H,46,50)/b17-10+/t23-,27+,29-,30-,32-,38-,39-/m1/s1. The van der Waals surface area contributed by atoms with Crippen LogP contribution in [0.3, 0.4) is 0 Å². The third-order valence-corrected chi connectivity index (χ3v) is 13.8. The Morgan fingerprint density at radius 2 is 1.72 bits per heavy atom. The van der Waals surface area contributed by atoms with E-state index in [2.05, 4.69) is 20.0 Å². The van der Waals surface area contributed by atoms with Crippen molar-refractivity contribution in [2.24, 2.45) is 16.7 Å². The Morgan fingerprint density at radius 1 is 1.04 bits per heavy atom. The molecule has 3 amide bonds. The maximum atomic E-state index is 16.2. The number of carbonyl (C=O) groups is 4. The number of nitrogens with one attached hydrogen (secondary N) is 2. The number of ether oxygens (including phenoxy) is 3. The lowest BCUT2D eigenvalue weighted by Crippen LogP contribution is -2.57. The molecule has 0 unspecified atom stereocenters. The van der Waals surface area contributed by atoms with Crippen LogP contribution in [0.25, 0.3) is 11.0 Å². The van der Waals surface area contributed by atoms with E-state index < -0.39 is 97.2 Å². The average Bonchev–Trinajstić information content (AvgIpc) is 4.04. The fourth-order valence-electron chi connectivity index (χ4n) is 8.54. The number of Topliss-reactive ketones (excluding diaryl/α,β-unsaturated/α-hetero) is 1. The largest absolute Gasteiger partial charge is 0.468 e. The Kier molecular flexibility index (Phi) is 10.7. The van der Waals surface area contributed by atoms with Crippen LogP contribution in [-0.4, -0.2) is 95.3 Å². The third-order valence-electron chi connectivity index (χ3n) is 12.0. The molecule has 7 atom stereocenters. The smallest absolute Gasteiger partial charge is 0.408 e. The fraction of sp³-hybridized carbons (Fsp3) is 0.650. The van der Waals surface area contributed by atoms with E-state index in [9.17, 15) is 27.6 Å². The van der Waals surface area contributed by atoms with Crippen LogP contribution in [-0.2, 0) is 39.8 Å². The number of rotatable bonds is 7. The van der Waals surface area contributed by atoms with Crippen LogP contribution in [0.1, 0.15) is 98.1 Å². The van der Waals surface area contributed by atoms with Gasteiger partial charge in [-0.15, -0.1) is 0 Å². The highest BCUT2D eigenvalue weighted by molar-refractivity contribution is 7.90. The predicted molar refractivity (Wildman–Crippen MR) is 203 cm³/mol. The van der Waals surface area contributed by atoms with E-state index >= 15 is 8.78 Å². The van der Waals surface area contributed by atoms with Crippen molar-refractivity contribution in [3.8, 4) is 5.88 Å². The minimum absolute atomic E-state index is 0.194. The van der Waals surface area contributed by atoms with Gasteiger partial charge in [0.2, 0.25) is 27.7 Å². The summed E-state index contributed by atoms with van der Waals surface area (Å²) in [6.45, 7) is 8.16. The number of amides is 3. The number of ketones is 1. The number of hydrogen-bond acceptors (Lipinski definition) is 11. The van der Waals surface area contributed by atoms with Gasteiger partial charge in [-0.3, -0.25) is 19.1 Å². The van der Waals surface area contributed by atoms with Gasteiger partial charge in [0.25, 0.3) is 0 Å². The summed E-state index contributed by atoms with van der Waals surface area (Å²) in [6, 6.07) is 4.00. The summed E-state index contributed by atoms with van der Waals surface area (Å²) in [6.07, 6.45) is 2.45. The topological polar surface area (TPSA) is 183 Å². The number of alkyl halides is 2. The second-order valence-corrected chi connectivity index (χ2v) is 19.6. The van der Waals surface area contributed by atoms with Gasteiger partial charge >= 0.3 is 12.0 Å². The Bertz CT molecular complexity index is 2090. The SMILES string of the molecule is CC[C@@H]1C[C@]1(CC(=O)[C@@H]1C[C@]2(C)CN1C(=O)[C@H](C(C)(C)C)NC(=O)O[C@@H]1CCC[C@H]1OC/C=C/C(F)(F)c1nc3ccccc3nc1O2)C(=O)NS(=O)(=O)C1CC1. The number of halogens is 2. The molecule has 310 valence electrons. The third kappa shape index (κ3) is 8.36. The highest BCUT2D eigenvalue weighted by Crippen LogP contribution is 2.58. The molecule has 2 N–H and O–H groups in total. The Balaban J connectivity index is 1.28. The molecule has 3 aliphatic carbocycles. The van der Waals surface area contributed by atoms with Crippen molar-refractivity contribution in [2.75, 3.05) is 13.2 Å². The molecule has 3 heterocycles. The Hall–Kier alpha value is -4.25. The first-order valence-electron chi connectivity index (χ1n) is 19.7. The van der Waals surface area contributed by atoms with Gasteiger partial charge < -0.3 is 24.4 Å². The van der Waals surface area contributed by atoms with Crippen molar-refractivity contribution >= 4 is 44.7 Å². The zero-order chi connectivity index (χ0) is 41.1. The molecular formula is C40H51F2N5O9S. The van der Waals surface area contributed by atoms with Gasteiger partial charge in [-0.05, 0) is 75.0 Å². The van der Waals surface area contributed by atoms with E-state index in [1.54, 1.807) is 52.0 Å². The highest BCUT2D eigenvalue weighted by Gasteiger charge is 2.62. The van der Waals surface area contributed by atoms with Crippen LogP contribution < -0.4 is 14.8 Å². The highest BCUT2D eigenvalue weighted by atomic mass is 32.2. The van der Waals surface area contributed by atoms with Gasteiger partial charge in [0.1, 0.15) is 17.7 Å². The Labute approximate surface area is 330 Å². The molecule has 5 aliphatic rings. The van der Waals surface area contributed by atoms with Crippen molar-refractivity contribution in [3.05, 3.63) is 42.1 Å². The fourth-order valence-corrected chi connectivity index (χ4v) is 9.93. The predicted octanol–water partition coefficient (Wildman–Crippen LogP) is 5.09. The van der Waals surface area contributed by atoms with Crippen LogP contribution in [0.15, 0.2) is 36.4 Å². The summed E-state index contributed by atoms with van der Waals surface area (Å²) in [5, 5.41) is 2.08. The average molecular weight is 816 g/mol. The van der Waals surface area contributed by atoms with Crippen molar-refractivity contribution < 1.29 is 50.6 Å². The molecule has 4 fully saturated rings. The lowest BCUT2D eigenvalue weighted by atomic mass is 9.85. The number of para-hydroxylation sites is 2. The molecule has 1 aromatic heterocycles. The van der Waals surface area contributed by atoms with Gasteiger partial charge in [-0.25, -0.2) is 23.2 Å². The maximum absolute atomic E-state index is 16.2. The van der Waals surface area contributed by atoms with Crippen LogP contribution in [0, 0.1) is 16.7 Å². The molecule has 7 rings (SSSR count). The van der Waals surface area contributed by atoms with E-state index in [-0.39, 0.29) is 49.4 Å². The second-order valence-electron chi connectivity index (χ2n) is 17.6. The minimum Gasteiger partial charge on any atom is -0.468 e. The molecule has 1 saturated heterocycles. The molecule has 57 heavy (non-hydrogen) atoms. The molecule has 0 spiro atoms. The molecule has 0 radical (unpaired) electrons. The van der Waals surface area contributed by atoms with E-state index in [0.29, 0.717) is 44.6 Å². The van der Waals surface area contributed by atoms with Gasteiger partial charge in [-0.1, -0.05) is 52.3 Å². The first-order valence-corrected chi connectivity index (χ1v) is 21.3. The number of carbonyl (C=O) groups excluding carboxylic acids is 4. The lowest BCUT2D eigenvalue weighted by molar-refractivity contribution is -0.142. The van der Waals surface area contributed by atoms with Crippen LogP contribution in [0.5, 0.6) is 5.88 Å². The first-order chi connectivity index (χ1) is 26.7. The van der Waals surface area contributed by atoms with Crippen LogP contribution in [0.4, 0.5) is 13.6 Å². The molecular weight excluding hydrogens is 765 g/mol. The number of hydrogen-bond donors (Lipinski definition) is 2. The van der Waals surface area contributed by atoms with Gasteiger partial charge in [0, 0.05) is 12.8 Å². The van der Waals surface area contributed by atoms with E-state index in [1.807, 2.05) is 6.92 Å². The minimum atomic E-state index is -3.91. The number of sulfonamides is 1. The van der Waals surface area contributed by atoms with E-state index in [1.165, 1.54) is 11.0 Å². The van der Waals surface area contributed by atoms with Crippen molar-refractivity contribution in [3.63, 3.8) is 0 Å². The molecule has 2 bridgehead atoms. The number of nitrogens with zero attached hydrogens (tertiary/aromatic N) is 3. The number of fused-ring (bicyclic) bond motifs is 5. The Morgan fingerprint density at radius 3 is 2.37 bits per heavy atom. The monoisotopic (exact) mass is 815 g/mol. The summed E-state index contributed by atoms with van der Waals surface area (Å²) in [4.78, 5) is 66.6. The molecule has 2 aromatic rings. The molecule has 1 aromatic carbocycles. The van der Waals surface area contributed by atoms with Gasteiger partial charge in [-0.2, -0.15) is 8.78 Å². The van der Waals surface area contributed by atoms with Crippen molar-refractivity contribution in [2.45, 2.75) is 133 Å². The zero-order valence-electron chi connectivity index (χ0n) is 32.9. The van der Waals surface area contributed by atoms with Crippen LogP contribution >= 0.6 is 0 Å². The summed E-state index contributed by atoms with van der Waals surface area (Å²) < 4.78 is 78.3. The second kappa shape index (κ2) is 14.8. The molecule has 3 saturated carbocycles. The summed E-state index contributed by atoms with van der Waals surface area (Å²) in [5.41, 5.74) is -4.03. The summed E-state index contributed by atoms with van der Waals surface area (Å²) in [5.74, 6) is -6.41. The van der Waals surface area contributed by atoms with Crippen molar-refractivity contribution in [1.82, 2.24) is 24.9 Å².